The first-order valence-electron chi connectivity index (χ1n) is 7.88. The van der Waals surface area contributed by atoms with Crippen LogP contribution in [0.15, 0.2) is 36.5 Å². The van der Waals surface area contributed by atoms with Gasteiger partial charge in [0.2, 0.25) is 0 Å². The Hall–Kier alpha value is -2.23. The lowest BCUT2D eigenvalue weighted by Crippen LogP contribution is -2.15. The number of rotatable bonds is 4. The van der Waals surface area contributed by atoms with Crippen LogP contribution in [-0.2, 0) is 9.53 Å². The number of carbonyl (C=O) groups excluding carboxylic acids is 1. The lowest BCUT2D eigenvalue weighted by Gasteiger charge is -2.20. The summed E-state index contributed by atoms with van der Waals surface area (Å²) >= 11 is 0. The van der Waals surface area contributed by atoms with Crippen molar-refractivity contribution in [3.8, 4) is 0 Å². The maximum Gasteiger partial charge on any atom is 0.330 e. The number of nitrogens with zero attached hydrogens (tertiary/aromatic N) is 2. The summed E-state index contributed by atoms with van der Waals surface area (Å²) in [5, 5.41) is 0. The summed E-state index contributed by atoms with van der Waals surface area (Å²) in [7, 11) is 0. The Morgan fingerprint density at radius 1 is 1.18 bits per heavy atom. The van der Waals surface area contributed by atoms with Crippen molar-refractivity contribution in [1.29, 1.82) is 0 Å². The molecule has 22 heavy (non-hydrogen) atoms. The molecule has 114 valence electrons. The molecule has 4 nitrogen and oxygen atoms in total. The van der Waals surface area contributed by atoms with E-state index in [1.165, 1.54) is 38.2 Å². The fraction of sp³-hybridized carbons (Fsp3) is 0.389. The van der Waals surface area contributed by atoms with E-state index < -0.39 is 0 Å². The zero-order valence-corrected chi connectivity index (χ0v) is 12.6. The van der Waals surface area contributed by atoms with E-state index in [9.17, 15) is 4.79 Å². The molecular formula is C18H20N2O2. The van der Waals surface area contributed by atoms with Crippen molar-refractivity contribution in [2.45, 2.75) is 32.1 Å². The van der Waals surface area contributed by atoms with Crippen LogP contribution in [0.1, 0.15) is 37.8 Å². The molecule has 0 aliphatic heterocycles. The van der Waals surface area contributed by atoms with Gasteiger partial charge in [-0.1, -0.05) is 31.4 Å². The summed E-state index contributed by atoms with van der Waals surface area (Å²) in [5.41, 5.74) is 2.33. The molecule has 1 aliphatic carbocycles. The highest BCUT2D eigenvalue weighted by Gasteiger charge is 2.14. The maximum absolute atomic E-state index is 11.8. The van der Waals surface area contributed by atoms with Crippen LogP contribution in [-0.4, -0.2) is 22.5 Å². The summed E-state index contributed by atoms with van der Waals surface area (Å²) in [6.07, 6.45) is 10.9. The molecule has 0 spiro atoms. The molecule has 1 aromatic heterocycles. The second kappa shape index (κ2) is 7.16. The molecule has 0 amide bonds. The van der Waals surface area contributed by atoms with Gasteiger partial charge in [0.15, 0.2) is 0 Å². The van der Waals surface area contributed by atoms with Gasteiger partial charge < -0.3 is 4.74 Å². The molecule has 1 saturated carbocycles. The van der Waals surface area contributed by atoms with Crippen LogP contribution < -0.4 is 0 Å². The molecule has 1 fully saturated rings. The molecular weight excluding hydrogens is 276 g/mol. The highest BCUT2D eigenvalue weighted by atomic mass is 16.5. The molecule has 0 radical (unpaired) electrons. The Kier molecular flexibility index (Phi) is 4.78. The van der Waals surface area contributed by atoms with E-state index in [1.54, 1.807) is 12.3 Å². The summed E-state index contributed by atoms with van der Waals surface area (Å²) < 4.78 is 5.32. The lowest BCUT2D eigenvalue weighted by atomic mass is 9.90. The Balaban J connectivity index is 1.56. The molecule has 1 heterocycles. The maximum atomic E-state index is 11.8. The quantitative estimate of drug-likeness (QED) is 0.636. The van der Waals surface area contributed by atoms with Gasteiger partial charge in [0.25, 0.3) is 0 Å². The third kappa shape index (κ3) is 3.91. The highest BCUT2D eigenvalue weighted by molar-refractivity contribution is 5.87. The first kappa shape index (κ1) is 14.7. The van der Waals surface area contributed by atoms with Gasteiger partial charge in [-0.15, -0.1) is 0 Å². The van der Waals surface area contributed by atoms with Crippen molar-refractivity contribution in [2.75, 3.05) is 6.61 Å². The third-order valence-electron chi connectivity index (χ3n) is 4.04. The largest absolute Gasteiger partial charge is 0.462 e. The van der Waals surface area contributed by atoms with Crippen molar-refractivity contribution >= 4 is 23.1 Å². The first-order valence-corrected chi connectivity index (χ1v) is 7.88. The number of esters is 1. The van der Waals surface area contributed by atoms with Crippen LogP contribution >= 0.6 is 0 Å². The molecule has 4 heteroatoms. The third-order valence-corrected chi connectivity index (χ3v) is 4.04. The smallest absolute Gasteiger partial charge is 0.330 e. The standard InChI is InChI=1S/C18H20N2O2/c21-18(22-13-14-6-2-1-3-7-14)11-10-15-12-19-16-8-4-5-9-17(16)20-15/h4-5,8-12,14H,1-3,6-7,13H2/b11-10+. The SMILES string of the molecule is O=C(/C=C/c1cnc2ccccc2n1)OCC1CCCCC1. The molecule has 0 bridgehead atoms. The molecule has 3 rings (SSSR count). The number of aromatic nitrogens is 2. The molecule has 2 aromatic rings. The first-order chi connectivity index (χ1) is 10.8. The zero-order valence-electron chi connectivity index (χ0n) is 12.6. The van der Waals surface area contributed by atoms with Gasteiger partial charge in [0, 0.05) is 6.08 Å². The number of carbonyl (C=O) groups is 1. The zero-order chi connectivity index (χ0) is 15.2. The molecule has 0 unspecified atom stereocenters. The fourth-order valence-corrected chi connectivity index (χ4v) is 2.81. The van der Waals surface area contributed by atoms with E-state index in [1.807, 2.05) is 24.3 Å². The van der Waals surface area contributed by atoms with Crippen molar-refractivity contribution in [3.05, 3.63) is 42.2 Å². The van der Waals surface area contributed by atoms with E-state index in [4.69, 9.17) is 4.74 Å². The Bertz CT molecular complexity index is 676. The monoisotopic (exact) mass is 296 g/mol. The van der Waals surface area contributed by atoms with E-state index in [2.05, 4.69) is 9.97 Å². The Morgan fingerprint density at radius 3 is 2.77 bits per heavy atom. The van der Waals surface area contributed by atoms with Crippen molar-refractivity contribution in [1.82, 2.24) is 9.97 Å². The molecule has 1 aromatic carbocycles. The summed E-state index contributed by atoms with van der Waals surface area (Å²) in [4.78, 5) is 20.5. The van der Waals surface area contributed by atoms with Crippen LogP contribution in [0.5, 0.6) is 0 Å². The normalized spacial score (nSPS) is 16.2. The van der Waals surface area contributed by atoms with Gasteiger partial charge in [-0.3, -0.25) is 4.98 Å². The average molecular weight is 296 g/mol. The van der Waals surface area contributed by atoms with Crippen molar-refractivity contribution < 1.29 is 9.53 Å². The van der Waals surface area contributed by atoms with E-state index in [0.29, 0.717) is 18.2 Å². The van der Waals surface area contributed by atoms with E-state index in [0.717, 1.165) is 11.0 Å². The topological polar surface area (TPSA) is 52.1 Å². The van der Waals surface area contributed by atoms with Crippen LogP contribution in [0.3, 0.4) is 0 Å². The van der Waals surface area contributed by atoms with Gasteiger partial charge in [-0.05, 0) is 37.0 Å². The van der Waals surface area contributed by atoms with Crippen LogP contribution in [0.25, 0.3) is 17.1 Å². The van der Waals surface area contributed by atoms with Crippen molar-refractivity contribution in [3.63, 3.8) is 0 Å². The summed E-state index contributed by atoms with van der Waals surface area (Å²) in [6.45, 7) is 0.534. The highest BCUT2D eigenvalue weighted by Crippen LogP contribution is 2.23. The number of ether oxygens (including phenoxy) is 1. The van der Waals surface area contributed by atoms with E-state index >= 15 is 0 Å². The molecule has 0 atom stereocenters. The van der Waals surface area contributed by atoms with Gasteiger partial charge in [0.05, 0.1) is 29.5 Å². The number of fused-ring (bicyclic) bond motifs is 1. The number of benzene rings is 1. The predicted octanol–water partition coefficient (Wildman–Crippen LogP) is 3.77. The minimum atomic E-state index is -0.305. The van der Waals surface area contributed by atoms with Gasteiger partial charge in [-0.25, -0.2) is 9.78 Å². The van der Waals surface area contributed by atoms with Crippen LogP contribution in [0.2, 0.25) is 0 Å². The van der Waals surface area contributed by atoms with E-state index in [-0.39, 0.29) is 5.97 Å². The summed E-state index contributed by atoms with van der Waals surface area (Å²) in [5.74, 6) is 0.229. The average Bonchev–Trinajstić information content (AvgIpc) is 2.59. The lowest BCUT2D eigenvalue weighted by molar-refractivity contribution is -0.139. The fourth-order valence-electron chi connectivity index (χ4n) is 2.81. The Morgan fingerprint density at radius 2 is 1.95 bits per heavy atom. The number of para-hydroxylation sites is 2. The summed E-state index contributed by atoms with van der Waals surface area (Å²) in [6, 6.07) is 7.66. The van der Waals surface area contributed by atoms with Crippen LogP contribution in [0.4, 0.5) is 0 Å². The second-order valence-electron chi connectivity index (χ2n) is 5.75. The molecule has 0 N–H and O–H groups in total. The molecule has 0 saturated heterocycles. The second-order valence-corrected chi connectivity index (χ2v) is 5.75. The van der Waals surface area contributed by atoms with Crippen LogP contribution in [0, 0.1) is 5.92 Å². The molecule has 1 aliphatic rings. The van der Waals surface area contributed by atoms with Gasteiger partial charge in [0.1, 0.15) is 0 Å². The predicted molar refractivity (Wildman–Crippen MR) is 86.1 cm³/mol. The number of hydrogen-bond acceptors (Lipinski definition) is 4. The minimum Gasteiger partial charge on any atom is -0.462 e. The van der Waals surface area contributed by atoms with Crippen molar-refractivity contribution in [2.24, 2.45) is 5.92 Å². The Labute approximate surface area is 130 Å². The van der Waals surface area contributed by atoms with Gasteiger partial charge >= 0.3 is 5.97 Å². The van der Waals surface area contributed by atoms with Gasteiger partial charge in [-0.2, -0.15) is 0 Å². The number of hydrogen-bond donors (Lipinski definition) is 0. The minimum absolute atomic E-state index is 0.305.